The Labute approximate surface area is 112 Å². The van der Waals surface area contributed by atoms with E-state index in [2.05, 4.69) is 0 Å². The van der Waals surface area contributed by atoms with Crippen molar-refractivity contribution in [1.82, 2.24) is 0 Å². The number of nitrogens with two attached hydrogens (primary N) is 1. The molecule has 0 aliphatic carbocycles. The molecule has 0 fully saturated rings. The minimum atomic E-state index is -0.768. The number of hydrogen-bond acceptors (Lipinski definition) is 4. The minimum Gasteiger partial charge on any atom is -0.497 e. The van der Waals surface area contributed by atoms with Crippen LogP contribution in [0.3, 0.4) is 0 Å². The number of ether oxygens (including phenoxy) is 1. The Balaban J connectivity index is 2.46. The highest BCUT2D eigenvalue weighted by atomic mass is 32.2. The largest absolute Gasteiger partial charge is 0.497 e. The van der Waals surface area contributed by atoms with Crippen molar-refractivity contribution in [2.75, 3.05) is 13.7 Å². The number of hydrogen-bond donors (Lipinski definition) is 2. The van der Waals surface area contributed by atoms with Gasteiger partial charge in [0.2, 0.25) is 0 Å². The summed E-state index contributed by atoms with van der Waals surface area (Å²) in [6.07, 6.45) is 0.894. The van der Waals surface area contributed by atoms with Crippen LogP contribution in [0.25, 0.3) is 0 Å². The minimum absolute atomic E-state index is 0.0783. The van der Waals surface area contributed by atoms with E-state index in [1.165, 1.54) is 0 Å². The molecule has 1 aromatic rings. The van der Waals surface area contributed by atoms with Crippen LogP contribution in [-0.2, 0) is 10.5 Å². The van der Waals surface area contributed by atoms with Gasteiger partial charge >= 0.3 is 5.97 Å². The summed E-state index contributed by atoms with van der Waals surface area (Å²) in [5.41, 5.74) is 6.65. The van der Waals surface area contributed by atoms with E-state index in [0.717, 1.165) is 23.5 Å². The van der Waals surface area contributed by atoms with Crippen LogP contribution in [0.5, 0.6) is 5.75 Å². The number of carboxylic acid groups (broad SMARTS) is 1. The van der Waals surface area contributed by atoms with E-state index in [1.807, 2.05) is 24.3 Å². The number of carbonyl (C=O) groups is 1. The fourth-order valence-electron chi connectivity index (χ4n) is 1.56. The average Bonchev–Trinajstić information content (AvgIpc) is 2.36. The summed E-state index contributed by atoms with van der Waals surface area (Å²) in [4.78, 5) is 10.7. The first-order valence-electron chi connectivity index (χ1n) is 5.82. The van der Waals surface area contributed by atoms with Crippen molar-refractivity contribution in [2.45, 2.75) is 23.8 Å². The predicted octanol–water partition coefficient (Wildman–Crippen LogP) is 2.12. The summed E-state index contributed by atoms with van der Waals surface area (Å²) in [5, 5.41) is 8.88. The summed E-state index contributed by atoms with van der Waals surface area (Å²) in [6.45, 7) is 0.521. The molecule has 0 radical (unpaired) electrons. The third kappa shape index (κ3) is 5.42. The van der Waals surface area contributed by atoms with E-state index in [1.54, 1.807) is 18.9 Å². The zero-order valence-electron chi connectivity index (χ0n) is 10.5. The third-order valence-corrected chi connectivity index (χ3v) is 3.91. The molecule has 1 unspecified atom stereocenters. The van der Waals surface area contributed by atoms with Gasteiger partial charge in [0.15, 0.2) is 0 Å². The average molecular weight is 269 g/mol. The van der Waals surface area contributed by atoms with Gasteiger partial charge in [0.1, 0.15) is 5.75 Å². The van der Waals surface area contributed by atoms with Gasteiger partial charge in [-0.25, -0.2) is 0 Å². The van der Waals surface area contributed by atoms with E-state index in [4.69, 9.17) is 15.6 Å². The highest BCUT2D eigenvalue weighted by Gasteiger charge is 2.13. The first-order chi connectivity index (χ1) is 8.65. The van der Waals surface area contributed by atoms with Gasteiger partial charge in [-0.1, -0.05) is 12.1 Å². The van der Waals surface area contributed by atoms with Crippen LogP contribution >= 0.6 is 11.8 Å². The molecule has 1 rings (SSSR count). The van der Waals surface area contributed by atoms with Crippen molar-refractivity contribution >= 4 is 17.7 Å². The zero-order chi connectivity index (χ0) is 13.4. The lowest BCUT2D eigenvalue weighted by Crippen LogP contribution is -2.15. The Hall–Kier alpha value is -1.20. The highest BCUT2D eigenvalue weighted by Crippen LogP contribution is 2.23. The molecule has 0 spiro atoms. The molecule has 3 N–H and O–H groups in total. The number of rotatable bonds is 8. The molecule has 0 amide bonds. The van der Waals surface area contributed by atoms with E-state index < -0.39 is 5.97 Å². The Kier molecular flexibility index (Phi) is 6.60. The van der Waals surface area contributed by atoms with Crippen LogP contribution in [0.4, 0.5) is 0 Å². The standard InChI is InChI=1S/C13H19NO3S/c1-17-11-4-2-10(3-5-11)9-18-12(6-7-14)8-13(15)16/h2-5,12H,6-9,14H2,1H3,(H,15,16). The van der Waals surface area contributed by atoms with Crippen molar-refractivity contribution in [3.8, 4) is 5.75 Å². The summed E-state index contributed by atoms with van der Waals surface area (Å²) < 4.78 is 5.08. The maximum atomic E-state index is 10.7. The fourth-order valence-corrected chi connectivity index (χ4v) is 2.74. The molecule has 1 aromatic carbocycles. The monoisotopic (exact) mass is 269 g/mol. The van der Waals surface area contributed by atoms with E-state index in [-0.39, 0.29) is 11.7 Å². The lowest BCUT2D eigenvalue weighted by molar-refractivity contribution is -0.136. The first-order valence-corrected chi connectivity index (χ1v) is 6.87. The number of methoxy groups -OCH3 is 1. The van der Waals surface area contributed by atoms with Crippen molar-refractivity contribution in [2.24, 2.45) is 5.73 Å². The smallest absolute Gasteiger partial charge is 0.304 e. The molecule has 0 aliphatic heterocycles. The topological polar surface area (TPSA) is 72.5 Å². The molecule has 5 heteroatoms. The van der Waals surface area contributed by atoms with Gasteiger partial charge in [0.25, 0.3) is 0 Å². The Morgan fingerprint density at radius 2 is 2.11 bits per heavy atom. The van der Waals surface area contributed by atoms with Crippen molar-refractivity contribution in [3.05, 3.63) is 29.8 Å². The van der Waals surface area contributed by atoms with Gasteiger partial charge in [-0.3, -0.25) is 4.79 Å². The summed E-state index contributed by atoms with van der Waals surface area (Å²) in [7, 11) is 1.63. The first kappa shape index (κ1) is 14.9. The summed E-state index contributed by atoms with van der Waals surface area (Å²) in [6, 6.07) is 7.80. The second-order valence-corrected chi connectivity index (χ2v) is 5.24. The molecule has 0 saturated carbocycles. The van der Waals surface area contributed by atoms with Gasteiger partial charge in [0, 0.05) is 11.0 Å². The fraction of sp³-hybridized carbons (Fsp3) is 0.462. The van der Waals surface area contributed by atoms with Crippen LogP contribution in [0, 0.1) is 0 Å². The van der Waals surface area contributed by atoms with Crippen LogP contribution in [0.2, 0.25) is 0 Å². The third-order valence-electron chi connectivity index (χ3n) is 2.54. The van der Waals surface area contributed by atoms with Crippen LogP contribution in [0.1, 0.15) is 18.4 Å². The summed E-state index contributed by atoms with van der Waals surface area (Å²) in [5.74, 6) is 0.852. The normalized spacial score (nSPS) is 12.1. The molecule has 0 aromatic heterocycles. The van der Waals surface area contributed by atoms with Gasteiger partial charge in [-0.2, -0.15) is 11.8 Å². The van der Waals surface area contributed by atoms with Gasteiger partial charge in [-0.15, -0.1) is 0 Å². The molecular formula is C13H19NO3S. The number of carboxylic acids is 1. The molecular weight excluding hydrogens is 250 g/mol. The molecule has 18 heavy (non-hydrogen) atoms. The Morgan fingerprint density at radius 3 is 2.61 bits per heavy atom. The van der Waals surface area contributed by atoms with Crippen molar-refractivity contribution in [1.29, 1.82) is 0 Å². The second kappa shape index (κ2) is 8.00. The molecule has 0 heterocycles. The van der Waals surface area contributed by atoms with Crippen LogP contribution in [0.15, 0.2) is 24.3 Å². The van der Waals surface area contributed by atoms with Crippen LogP contribution < -0.4 is 10.5 Å². The molecule has 4 nitrogen and oxygen atoms in total. The second-order valence-electron chi connectivity index (χ2n) is 3.96. The maximum absolute atomic E-state index is 10.7. The number of thioether (sulfide) groups is 1. The van der Waals surface area contributed by atoms with E-state index in [0.29, 0.717) is 6.54 Å². The van der Waals surface area contributed by atoms with Gasteiger partial charge < -0.3 is 15.6 Å². The Morgan fingerprint density at radius 1 is 1.44 bits per heavy atom. The van der Waals surface area contributed by atoms with Gasteiger partial charge in [0.05, 0.1) is 13.5 Å². The molecule has 1 atom stereocenters. The number of benzene rings is 1. The van der Waals surface area contributed by atoms with E-state index in [9.17, 15) is 4.79 Å². The lowest BCUT2D eigenvalue weighted by Gasteiger charge is -2.13. The van der Waals surface area contributed by atoms with Crippen molar-refractivity contribution in [3.63, 3.8) is 0 Å². The van der Waals surface area contributed by atoms with Crippen molar-refractivity contribution < 1.29 is 14.6 Å². The number of aliphatic carboxylic acids is 1. The van der Waals surface area contributed by atoms with Crippen LogP contribution in [-0.4, -0.2) is 30.0 Å². The predicted molar refractivity (Wildman–Crippen MR) is 74.0 cm³/mol. The van der Waals surface area contributed by atoms with Gasteiger partial charge in [-0.05, 0) is 30.7 Å². The highest BCUT2D eigenvalue weighted by molar-refractivity contribution is 7.99. The Bertz CT molecular complexity index is 367. The quantitative estimate of drug-likeness (QED) is 0.756. The molecule has 100 valence electrons. The molecule has 0 aliphatic rings. The summed E-state index contributed by atoms with van der Waals surface area (Å²) >= 11 is 1.64. The molecule has 0 bridgehead atoms. The van der Waals surface area contributed by atoms with E-state index >= 15 is 0 Å². The lowest BCUT2D eigenvalue weighted by atomic mass is 10.2. The zero-order valence-corrected chi connectivity index (χ0v) is 11.3. The molecule has 0 saturated heterocycles. The maximum Gasteiger partial charge on any atom is 0.304 e. The SMILES string of the molecule is COc1ccc(CSC(CCN)CC(=O)O)cc1.